The SMILES string of the molecule is CCN(C)c1ccc(Cc2ccc(N(C)CC)cc2)cc1. The topological polar surface area (TPSA) is 6.48 Å². The minimum Gasteiger partial charge on any atom is -0.375 e. The van der Waals surface area contributed by atoms with Crippen molar-refractivity contribution in [2.75, 3.05) is 37.0 Å². The highest BCUT2D eigenvalue weighted by molar-refractivity contribution is 5.49. The molecule has 0 aliphatic heterocycles. The largest absolute Gasteiger partial charge is 0.375 e. The lowest BCUT2D eigenvalue weighted by Crippen LogP contribution is -2.15. The van der Waals surface area contributed by atoms with Crippen LogP contribution in [0.25, 0.3) is 0 Å². The van der Waals surface area contributed by atoms with Gasteiger partial charge >= 0.3 is 0 Å². The van der Waals surface area contributed by atoms with Crippen molar-refractivity contribution < 1.29 is 0 Å². The summed E-state index contributed by atoms with van der Waals surface area (Å²) >= 11 is 0. The highest BCUT2D eigenvalue weighted by Crippen LogP contribution is 2.18. The fraction of sp³-hybridized carbons (Fsp3) is 0.368. The third kappa shape index (κ3) is 4.01. The fourth-order valence-electron chi connectivity index (χ4n) is 2.34. The summed E-state index contributed by atoms with van der Waals surface area (Å²) in [4.78, 5) is 4.50. The predicted octanol–water partition coefficient (Wildman–Crippen LogP) is 4.19. The first-order chi connectivity index (χ1) is 10.1. The first kappa shape index (κ1) is 15.4. The van der Waals surface area contributed by atoms with Gasteiger partial charge in [0.1, 0.15) is 0 Å². The molecular weight excluding hydrogens is 256 g/mol. The summed E-state index contributed by atoms with van der Waals surface area (Å²) in [5.74, 6) is 0. The van der Waals surface area contributed by atoms with Gasteiger partial charge < -0.3 is 9.80 Å². The average molecular weight is 282 g/mol. The Kier molecular flexibility index (Phi) is 5.26. The molecular formula is C19H26N2. The average Bonchev–Trinajstić information content (AvgIpc) is 2.55. The molecule has 0 aromatic heterocycles. The third-order valence-corrected chi connectivity index (χ3v) is 4.11. The standard InChI is InChI=1S/C19H26N2/c1-5-20(3)18-11-7-16(8-12-18)15-17-9-13-19(14-10-17)21(4)6-2/h7-14H,5-6,15H2,1-4H3. The van der Waals surface area contributed by atoms with E-state index in [1.54, 1.807) is 0 Å². The molecule has 0 amide bonds. The van der Waals surface area contributed by atoms with Crippen LogP contribution in [0.2, 0.25) is 0 Å². The second-order valence-electron chi connectivity index (χ2n) is 5.54. The van der Waals surface area contributed by atoms with E-state index >= 15 is 0 Å². The van der Waals surface area contributed by atoms with Crippen LogP contribution in [0.15, 0.2) is 48.5 Å². The van der Waals surface area contributed by atoms with Gasteiger partial charge in [0, 0.05) is 38.6 Å². The smallest absolute Gasteiger partial charge is 0.0363 e. The fourth-order valence-corrected chi connectivity index (χ4v) is 2.34. The van der Waals surface area contributed by atoms with Crippen LogP contribution in [0, 0.1) is 0 Å². The van der Waals surface area contributed by atoms with Crippen LogP contribution in [0.3, 0.4) is 0 Å². The van der Waals surface area contributed by atoms with Gasteiger partial charge in [-0.1, -0.05) is 24.3 Å². The van der Waals surface area contributed by atoms with Crippen LogP contribution in [0.4, 0.5) is 11.4 Å². The molecule has 21 heavy (non-hydrogen) atoms. The zero-order valence-electron chi connectivity index (χ0n) is 13.6. The molecule has 112 valence electrons. The summed E-state index contributed by atoms with van der Waals surface area (Å²) in [7, 11) is 4.25. The second-order valence-corrected chi connectivity index (χ2v) is 5.54. The van der Waals surface area contributed by atoms with Gasteiger partial charge in [-0.15, -0.1) is 0 Å². The van der Waals surface area contributed by atoms with Crippen LogP contribution in [0.5, 0.6) is 0 Å². The summed E-state index contributed by atoms with van der Waals surface area (Å²) in [6.45, 7) is 6.41. The Morgan fingerprint density at radius 3 is 1.24 bits per heavy atom. The summed E-state index contributed by atoms with van der Waals surface area (Å²) in [6.07, 6.45) is 0.992. The Morgan fingerprint density at radius 2 is 0.952 bits per heavy atom. The monoisotopic (exact) mass is 282 g/mol. The van der Waals surface area contributed by atoms with Gasteiger partial charge in [0.25, 0.3) is 0 Å². The molecule has 0 radical (unpaired) electrons. The molecule has 0 aliphatic carbocycles. The van der Waals surface area contributed by atoms with Crippen molar-refractivity contribution in [2.45, 2.75) is 20.3 Å². The lowest BCUT2D eigenvalue weighted by molar-refractivity contribution is 0.965. The van der Waals surface area contributed by atoms with E-state index in [-0.39, 0.29) is 0 Å². The van der Waals surface area contributed by atoms with Crippen molar-refractivity contribution in [3.63, 3.8) is 0 Å². The van der Waals surface area contributed by atoms with E-state index < -0.39 is 0 Å². The Labute approximate surface area is 129 Å². The molecule has 2 nitrogen and oxygen atoms in total. The van der Waals surface area contributed by atoms with E-state index in [9.17, 15) is 0 Å². The van der Waals surface area contributed by atoms with Crippen LogP contribution in [0.1, 0.15) is 25.0 Å². The predicted molar refractivity (Wildman–Crippen MR) is 93.6 cm³/mol. The van der Waals surface area contributed by atoms with E-state index in [0.29, 0.717) is 0 Å². The Hall–Kier alpha value is -1.96. The molecule has 2 aromatic carbocycles. The maximum absolute atomic E-state index is 2.25. The molecule has 0 saturated carbocycles. The maximum atomic E-state index is 2.25. The van der Waals surface area contributed by atoms with E-state index in [1.807, 2.05) is 0 Å². The molecule has 2 heteroatoms. The van der Waals surface area contributed by atoms with Crippen molar-refractivity contribution in [1.29, 1.82) is 0 Å². The Morgan fingerprint density at radius 1 is 0.619 bits per heavy atom. The van der Waals surface area contributed by atoms with Gasteiger partial charge in [-0.2, -0.15) is 0 Å². The summed E-state index contributed by atoms with van der Waals surface area (Å²) in [6, 6.07) is 17.7. The van der Waals surface area contributed by atoms with Crippen LogP contribution in [-0.2, 0) is 6.42 Å². The maximum Gasteiger partial charge on any atom is 0.0363 e. The molecule has 2 aromatic rings. The first-order valence-electron chi connectivity index (χ1n) is 7.74. The minimum absolute atomic E-state index is 0.992. The molecule has 0 atom stereocenters. The molecule has 0 aliphatic rings. The Balaban J connectivity index is 2.04. The van der Waals surface area contributed by atoms with Gasteiger partial charge in [-0.25, -0.2) is 0 Å². The van der Waals surface area contributed by atoms with Crippen molar-refractivity contribution in [2.24, 2.45) is 0 Å². The van der Waals surface area contributed by atoms with Crippen LogP contribution >= 0.6 is 0 Å². The van der Waals surface area contributed by atoms with Gasteiger partial charge in [0.05, 0.1) is 0 Å². The molecule has 0 bridgehead atoms. The lowest BCUT2D eigenvalue weighted by atomic mass is 10.0. The number of benzene rings is 2. The van der Waals surface area contributed by atoms with Gasteiger partial charge in [-0.05, 0) is 55.7 Å². The van der Waals surface area contributed by atoms with Gasteiger partial charge in [-0.3, -0.25) is 0 Å². The highest BCUT2D eigenvalue weighted by Gasteiger charge is 2.01. The summed E-state index contributed by atoms with van der Waals surface area (Å²) in [5.41, 5.74) is 5.28. The number of hydrogen-bond donors (Lipinski definition) is 0. The zero-order valence-corrected chi connectivity index (χ0v) is 13.6. The molecule has 0 heterocycles. The van der Waals surface area contributed by atoms with Crippen LogP contribution < -0.4 is 9.80 Å². The molecule has 0 saturated heterocycles. The van der Waals surface area contributed by atoms with Gasteiger partial charge in [0.15, 0.2) is 0 Å². The van der Waals surface area contributed by atoms with Crippen LogP contribution in [-0.4, -0.2) is 27.2 Å². The summed E-state index contributed by atoms with van der Waals surface area (Å²) < 4.78 is 0. The molecule has 2 rings (SSSR count). The number of rotatable bonds is 6. The van der Waals surface area contributed by atoms with E-state index in [0.717, 1.165) is 19.5 Å². The van der Waals surface area contributed by atoms with Crippen molar-refractivity contribution in [3.8, 4) is 0 Å². The second kappa shape index (κ2) is 7.16. The number of nitrogens with zero attached hydrogens (tertiary/aromatic N) is 2. The van der Waals surface area contributed by atoms with Crippen molar-refractivity contribution >= 4 is 11.4 Å². The molecule has 0 unspecified atom stereocenters. The first-order valence-corrected chi connectivity index (χ1v) is 7.74. The highest BCUT2D eigenvalue weighted by atomic mass is 15.1. The number of anilines is 2. The number of hydrogen-bond acceptors (Lipinski definition) is 2. The van der Waals surface area contributed by atoms with Crippen molar-refractivity contribution in [3.05, 3.63) is 59.7 Å². The van der Waals surface area contributed by atoms with Gasteiger partial charge in [0.2, 0.25) is 0 Å². The van der Waals surface area contributed by atoms with Crippen molar-refractivity contribution in [1.82, 2.24) is 0 Å². The molecule has 0 fully saturated rings. The molecule has 0 spiro atoms. The minimum atomic E-state index is 0.992. The third-order valence-electron chi connectivity index (χ3n) is 4.11. The van der Waals surface area contributed by atoms with E-state index in [2.05, 4.69) is 86.3 Å². The zero-order chi connectivity index (χ0) is 15.2. The quantitative estimate of drug-likeness (QED) is 0.784. The lowest BCUT2D eigenvalue weighted by Gasteiger charge is -2.17. The van der Waals surface area contributed by atoms with E-state index in [4.69, 9.17) is 0 Å². The normalized spacial score (nSPS) is 10.5. The Bertz CT molecular complexity index is 491. The van der Waals surface area contributed by atoms with E-state index in [1.165, 1.54) is 22.5 Å². The summed E-state index contributed by atoms with van der Waals surface area (Å²) in [5, 5.41) is 0. The molecule has 0 N–H and O–H groups in total.